The highest BCUT2D eigenvalue weighted by molar-refractivity contribution is 6.31. The number of aryl methyl sites for hydroxylation is 1. The van der Waals surface area contributed by atoms with Gasteiger partial charge < -0.3 is 24.7 Å². The van der Waals surface area contributed by atoms with Crippen LogP contribution in [0.2, 0.25) is 5.02 Å². The van der Waals surface area contributed by atoms with E-state index in [1.54, 1.807) is 20.1 Å². The number of anilines is 1. The van der Waals surface area contributed by atoms with Gasteiger partial charge in [0, 0.05) is 53.2 Å². The first-order valence-corrected chi connectivity index (χ1v) is 15.0. The Morgan fingerprint density at radius 1 is 1.05 bits per heavy atom. The number of pyridine rings is 1. The molecule has 1 aliphatic rings. The molecule has 2 aromatic carbocycles. The van der Waals surface area contributed by atoms with Gasteiger partial charge in [-0.2, -0.15) is 0 Å². The van der Waals surface area contributed by atoms with E-state index in [2.05, 4.69) is 46.2 Å². The summed E-state index contributed by atoms with van der Waals surface area (Å²) in [5.74, 6) is 0.958. The number of benzene rings is 2. The largest absolute Gasteiger partial charge is 0.497 e. The predicted octanol–water partition coefficient (Wildman–Crippen LogP) is 5.86. The number of hydrogen-bond acceptors (Lipinski definition) is 6. The van der Waals surface area contributed by atoms with Crippen molar-refractivity contribution in [3.8, 4) is 11.6 Å². The van der Waals surface area contributed by atoms with E-state index in [0.29, 0.717) is 39.8 Å². The van der Waals surface area contributed by atoms with E-state index in [9.17, 15) is 9.59 Å². The molecular formula is C33H43ClN4O4. The molecule has 1 fully saturated rings. The van der Waals surface area contributed by atoms with Crippen LogP contribution < -0.4 is 25.1 Å². The van der Waals surface area contributed by atoms with E-state index in [-0.39, 0.29) is 17.9 Å². The molecule has 0 bridgehead atoms. The van der Waals surface area contributed by atoms with Crippen LogP contribution >= 0.6 is 11.6 Å². The third kappa shape index (κ3) is 7.28. The Hall–Kier alpha value is -3.49. The van der Waals surface area contributed by atoms with Crippen molar-refractivity contribution in [1.82, 2.24) is 15.2 Å². The van der Waals surface area contributed by atoms with E-state index in [1.807, 2.05) is 25.1 Å². The summed E-state index contributed by atoms with van der Waals surface area (Å²) in [4.78, 5) is 33.8. The second kappa shape index (κ2) is 14.1. The number of amides is 1. The third-order valence-corrected chi connectivity index (χ3v) is 8.61. The third-order valence-electron chi connectivity index (χ3n) is 8.40. The van der Waals surface area contributed by atoms with Crippen molar-refractivity contribution in [2.75, 3.05) is 32.7 Å². The molecule has 0 spiro atoms. The number of nitrogens with one attached hydrogen (secondary N) is 2. The molecule has 3 aromatic rings. The van der Waals surface area contributed by atoms with Crippen LogP contribution in [0.3, 0.4) is 0 Å². The summed E-state index contributed by atoms with van der Waals surface area (Å²) in [6.07, 6.45) is 4.32. The monoisotopic (exact) mass is 594 g/mol. The van der Waals surface area contributed by atoms with Gasteiger partial charge in [0.1, 0.15) is 5.75 Å². The van der Waals surface area contributed by atoms with Crippen LogP contribution in [-0.2, 0) is 13.1 Å². The number of carbonyl (C=O) groups excluding carboxylic acids is 1. The Morgan fingerprint density at radius 3 is 2.43 bits per heavy atom. The quantitative estimate of drug-likeness (QED) is 0.289. The van der Waals surface area contributed by atoms with Gasteiger partial charge in [0.25, 0.3) is 5.91 Å². The SMILES string of the molecule is CCN(c1cc(Cl)cc(C(=O)NCc2c(OC)[nH]c(C)cc2=O)c1C)[C@H]1CC[C@H](N(C)Cc2cccc(OC)c2)CC1. The average molecular weight is 595 g/mol. The van der Waals surface area contributed by atoms with E-state index >= 15 is 0 Å². The van der Waals surface area contributed by atoms with Crippen molar-refractivity contribution >= 4 is 23.2 Å². The molecule has 1 aromatic heterocycles. The second-order valence-electron chi connectivity index (χ2n) is 11.1. The van der Waals surface area contributed by atoms with Crippen molar-refractivity contribution in [2.24, 2.45) is 0 Å². The minimum Gasteiger partial charge on any atom is -0.497 e. The number of aromatic nitrogens is 1. The van der Waals surface area contributed by atoms with Gasteiger partial charge in [-0.1, -0.05) is 23.7 Å². The molecule has 1 amide bonds. The first kappa shape index (κ1) is 31.4. The van der Waals surface area contributed by atoms with Gasteiger partial charge >= 0.3 is 0 Å². The predicted molar refractivity (Wildman–Crippen MR) is 169 cm³/mol. The molecule has 2 N–H and O–H groups in total. The molecule has 0 radical (unpaired) electrons. The van der Waals surface area contributed by atoms with Crippen LogP contribution in [0.1, 0.15) is 65.3 Å². The standard InChI is InChI=1S/C33H43ClN4O4/c1-7-38(26-13-11-25(12-14-26)37(4)20-23-9-8-10-27(16-23)41-5)30-18-24(34)17-28(22(30)3)32(40)35-19-29-31(39)15-21(2)36-33(29)42-6/h8-10,15-18,25-26H,7,11-14,19-20H2,1-6H3,(H,35,40)(H,36,39)/t25-,26-. The Morgan fingerprint density at radius 2 is 1.76 bits per heavy atom. The number of rotatable bonds is 11. The van der Waals surface area contributed by atoms with Gasteiger partial charge in [0.15, 0.2) is 11.3 Å². The number of H-pyrrole nitrogens is 1. The zero-order valence-electron chi connectivity index (χ0n) is 25.6. The van der Waals surface area contributed by atoms with E-state index < -0.39 is 0 Å². The summed E-state index contributed by atoms with van der Waals surface area (Å²) in [6.45, 7) is 7.65. The van der Waals surface area contributed by atoms with E-state index in [0.717, 1.165) is 55.8 Å². The fourth-order valence-corrected chi connectivity index (χ4v) is 6.33. The first-order valence-electron chi connectivity index (χ1n) is 14.6. The number of ether oxygens (including phenoxy) is 2. The highest BCUT2D eigenvalue weighted by Gasteiger charge is 2.29. The fraction of sp³-hybridized carbons (Fsp3) is 0.455. The molecule has 0 atom stereocenters. The molecule has 1 aliphatic carbocycles. The number of aromatic amines is 1. The number of methoxy groups -OCH3 is 2. The summed E-state index contributed by atoms with van der Waals surface area (Å²) in [6, 6.07) is 14.3. The van der Waals surface area contributed by atoms with Crippen molar-refractivity contribution in [2.45, 2.75) is 71.6 Å². The van der Waals surface area contributed by atoms with Gasteiger partial charge in [0.05, 0.1) is 26.3 Å². The van der Waals surface area contributed by atoms with Crippen LogP contribution in [0.5, 0.6) is 11.6 Å². The van der Waals surface area contributed by atoms with Crippen LogP contribution in [0.25, 0.3) is 0 Å². The second-order valence-corrected chi connectivity index (χ2v) is 11.6. The summed E-state index contributed by atoms with van der Waals surface area (Å²) < 4.78 is 10.7. The lowest BCUT2D eigenvalue weighted by atomic mass is 9.88. The summed E-state index contributed by atoms with van der Waals surface area (Å²) in [5.41, 5.74) is 4.49. The smallest absolute Gasteiger partial charge is 0.251 e. The van der Waals surface area contributed by atoms with Crippen molar-refractivity contribution < 1.29 is 14.3 Å². The van der Waals surface area contributed by atoms with Gasteiger partial charge in [-0.25, -0.2) is 0 Å². The summed E-state index contributed by atoms with van der Waals surface area (Å²) in [7, 11) is 5.40. The fourth-order valence-electron chi connectivity index (χ4n) is 6.11. The number of carbonyl (C=O) groups is 1. The molecule has 9 heteroatoms. The maximum Gasteiger partial charge on any atom is 0.251 e. The number of nitrogens with zero attached hydrogens (tertiary/aromatic N) is 2. The summed E-state index contributed by atoms with van der Waals surface area (Å²) >= 11 is 6.58. The maximum atomic E-state index is 13.4. The minimum absolute atomic E-state index is 0.0453. The molecule has 0 saturated heterocycles. The van der Waals surface area contributed by atoms with Gasteiger partial charge in [0.2, 0.25) is 0 Å². The molecule has 1 heterocycles. The highest BCUT2D eigenvalue weighted by Crippen LogP contribution is 2.34. The van der Waals surface area contributed by atoms with E-state index in [4.69, 9.17) is 21.1 Å². The van der Waals surface area contributed by atoms with Crippen LogP contribution in [0.4, 0.5) is 5.69 Å². The Balaban J connectivity index is 1.44. The average Bonchev–Trinajstić information content (AvgIpc) is 2.98. The lowest BCUT2D eigenvalue weighted by molar-refractivity contribution is 0.0950. The van der Waals surface area contributed by atoms with Crippen LogP contribution in [0, 0.1) is 13.8 Å². The van der Waals surface area contributed by atoms with Gasteiger partial charge in [-0.15, -0.1) is 0 Å². The molecule has 42 heavy (non-hydrogen) atoms. The molecule has 0 aliphatic heterocycles. The Kier molecular flexibility index (Phi) is 10.6. The van der Waals surface area contributed by atoms with Crippen LogP contribution in [0.15, 0.2) is 47.3 Å². The zero-order chi connectivity index (χ0) is 30.4. The maximum absolute atomic E-state index is 13.4. The molecule has 226 valence electrons. The normalized spacial score (nSPS) is 16.8. The minimum atomic E-state index is -0.280. The Labute approximate surface area is 254 Å². The lowest BCUT2D eigenvalue weighted by Crippen LogP contribution is -2.43. The molecule has 8 nitrogen and oxygen atoms in total. The van der Waals surface area contributed by atoms with Crippen molar-refractivity contribution in [1.29, 1.82) is 0 Å². The van der Waals surface area contributed by atoms with Gasteiger partial charge in [-0.05, 0) is 88.9 Å². The zero-order valence-corrected chi connectivity index (χ0v) is 26.3. The summed E-state index contributed by atoms with van der Waals surface area (Å²) in [5, 5.41) is 3.41. The van der Waals surface area contributed by atoms with Crippen molar-refractivity contribution in [3.63, 3.8) is 0 Å². The number of hydrogen-bond donors (Lipinski definition) is 2. The van der Waals surface area contributed by atoms with Crippen molar-refractivity contribution in [3.05, 3.63) is 85.7 Å². The Bertz CT molecular complexity index is 1450. The molecule has 1 saturated carbocycles. The van der Waals surface area contributed by atoms with Gasteiger partial charge in [-0.3, -0.25) is 14.5 Å². The van der Waals surface area contributed by atoms with Crippen LogP contribution in [-0.4, -0.2) is 55.7 Å². The van der Waals surface area contributed by atoms with E-state index in [1.165, 1.54) is 18.7 Å². The molecule has 4 rings (SSSR count). The first-order chi connectivity index (χ1) is 20.1. The molecular weight excluding hydrogens is 552 g/mol. The topological polar surface area (TPSA) is 86.9 Å². The molecule has 0 unspecified atom stereocenters. The highest BCUT2D eigenvalue weighted by atomic mass is 35.5. The lowest BCUT2D eigenvalue weighted by Gasteiger charge is -2.41. The number of halogens is 1.